The number of Topliss-reactive ketones (excluding diaryl/α,β-unsaturated/α-hetero) is 1. The van der Waals surface area contributed by atoms with Gasteiger partial charge in [0.1, 0.15) is 5.78 Å². The molecule has 1 aromatic heterocycles. The normalized spacial score (nSPS) is 23.5. The van der Waals surface area contributed by atoms with Crippen LogP contribution in [0.15, 0.2) is 12.3 Å². The van der Waals surface area contributed by atoms with Crippen LogP contribution in [-0.4, -0.2) is 15.6 Å². The zero-order chi connectivity index (χ0) is 13.7. The Morgan fingerprint density at radius 3 is 2.68 bits per heavy atom. The molecule has 106 valence electrons. The Hall–Kier alpha value is -1.12. The van der Waals surface area contributed by atoms with Gasteiger partial charge < -0.3 is 0 Å². The van der Waals surface area contributed by atoms with E-state index < -0.39 is 0 Å². The van der Waals surface area contributed by atoms with Gasteiger partial charge in [-0.2, -0.15) is 5.10 Å². The number of ketones is 1. The average molecular weight is 262 g/mol. The lowest BCUT2D eigenvalue weighted by Crippen LogP contribution is -2.22. The van der Waals surface area contributed by atoms with E-state index in [4.69, 9.17) is 0 Å². The molecular weight excluding hydrogens is 236 g/mol. The summed E-state index contributed by atoms with van der Waals surface area (Å²) in [7, 11) is 1.94. The van der Waals surface area contributed by atoms with Crippen LogP contribution >= 0.6 is 0 Å². The zero-order valence-electron chi connectivity index (χ0n) is 12.3. The van der Waals surface area contributed by atoms with Gasteiger partial charge in [0.05, 0.1) is 0 Å². The van der Waals surface area contributed by atoms with Gasteiger partial charge in [0.15, 0.2) is 0 Å². The van der Waals surface area contributed by atoms with Gasteiger partial charge >= 0.3 is 0 Å². The molecule has 2 rings (SSSR count). The summed E-state index contributed by atoms with van der Waals surface area (Å²) >= 11 is 0. The molecule has 0 N–H and O–H groups in total. The van der Waals surface area contributed by atoms with E-state index in [-0.39, 0.29) is 0 Å². The van der Waals surface area contributed by atoms with E-state index in [1.807, 2.05) is 17.8 Å². The molecule has 3 heteroatoms. The van der Waals surface area contributed by atoms with Crippen molar-refractivity contribution in [2.45, 2.75) is 58.3 Å². The summed E-state index contributed by atoms with van der Waals surface area (Å²) in [6.07, 6.45) is 10.7. The van der Waals surface area contributed by atoms with Crippen molar-refractivity contribution >= 4 is 5.78 Å². The third kappa shape index (κ3) is 3.92. The number of aryl methyl sites for hydroxylation is 2. The average Bonchev–Trinajstić information content (AvgIpc) is 2.83. The second-order valence-electron chi connectivity index (χ2n) is 5.92. The molecule has 0 amide bonds. The van der Waals surface area contributed by atoms with Crippen molar-refractivity contribution in [1.82, 2.24) is 9.78 Å². The molecule has 0 saturated heterocycles. The van der Waals surface area contributed by atoms with Crippen LogP contribution < -0.4 is 0 Å². The number of hydrogen-bond acceptors (Lipinski definition) is 2. The van der Waals surface area contributed by atoms with Crippen molar-refractivity contribution < 1.29 is 4.79 Å². The standard InChI is InChI=1S/C16H26N2O/c1-3-4-13-5-7-14(8-6-13)16(19)10-9-15-11-12-17-18(15)2/h11-14H,3-10H2,1-2H3. The van der Waals surface area contributed by atoms with Crippen molar-refractivity contribution in [2.75, 3.05) is 0 Å². The number of carbonyl (C=O) groups is 1. The van der Waals surface area contributed by atoms with Crippen LogP contribution in [0, 0.1) is 11.8 Å². The number of aromatic nitrogens is 2. The maximum absolute atomic E-state index is 12.2. The summed E-state index contributed by atoms with van der Waals surface area (Å²) in [5.74, 6) is 1.68. The molecule has 3 nitrogen and oxygen atoms in total. The van der Waals surface area contributed by atoms with E-state index >= 15 is 0 Å². The molecule has 0 bridgehead atoms. The molecule has 1 saturated carbocycles. The van der Waals surface area contributed by atoms with Crippen molar-refractivity contribution in [3.05, 3.63) is 18.0 Å². The lowest BCUT2D eigenvalue weighted by molar-refractivity contribution is -0.124. The largest absolute Gasteiger partial charge is 0.299 e. The first-order valence-corrected chi connectivity index (χ1v) is 7.70. The highest BCUT2D eigenvalue weighted by molar-refractivity contribution is 5.81. The lowest BCUT2D eigenvalue weighted by Gasteiger charge is -2.27. The second-order valence-corrected chi connectivity index (χ2v) is 5.92. The van der Waals surface area contributed by atoms with Crippen LogP contribution in [0.3, 0.4) is 0 Å². The highest BCUT2D eigenvalue weighted by atomic mass is 16.1. The molecule has 1 fully saturated rings. The predicted molar refractivity (Wildman–Crippen MR) is 76.9 cm³/mol. The fourth-order valence-corrected chi connectivity index (χ4v) is 3.28. The Morgan fingerprint density at radius 2 is 2.11 bits per heavy atom. The molecule has 0 radical (unpaired) electrons. The molecule has 0 spiro atoms. The summed E-state index contributed by atoms with van der Waals surface area (Å²) in [6, 6.07) is 2.01. The van der Waals surface area contributed by atoms with Crippen molar-refractivity contribution in [1.29, 1.82) is 0 Å². The van der Waals surface area contributed by atoms with Crippen LogP contribution in [0.5, 0.6) is 0 Å². The van der Waals surface area contributed by atoms with E-state index in [1.54, 1.807) is 6.20 Å². The topological polar surface area (TPSA) is 34.9 Å². The first-order chi connectivity index (χ1) is 9.20. The number of carbonyl (C=O) groups excluding carboxylic acids is 1. The minimum Gasteiger partial charge on any atom is -0.299 e. The van der Waals surface area contributed by atoms with Gasteiger partial charge in [0.25, 0.3) is 0 Å². The molecule has 0 atom stereocenters. The predicted octanol–water partition coefficient (Wildman–Crippen LogP) is 3.53. The zero-order valence-corrected chi connectivity index (χ0v) is 12.3. The number of hydrogen-bond donors (Lipinski definition) is 0. The Bertz CT molecular complexity index is 403. The van der Waals surface area contributed by atoms with Gasteiger partial charge in [-0.25, -0.2) is 0 Å². The smallest absolute Gasteiger partial charge is 0.136 e. The highest BCUT2D eigenvalue weighted by Crippen LogP contribution is 2.32. The Kier molecular flexibility index (Phi) is 5.17. The van der Waals surface area contributed by atoms with Crippen LogP contribution in [-0.2, 0) is 18.3 Å². The van der Waals surface area contributed by atoms with Gasteiger partial charge in [-0.1, -0.05) is 19.8 Å². The van der Waals surface area contributed by atoms with E-state index in [0.717, 1.165) is 30.9 Å². The molecule has 1 aliphatic carbocycles. The van der Waals surface area contributed by atoms with E-state index in [2.05, 4.69) is 12.0 Å². The van der Waals surface area contributed by atoms with E-state index in [1.165, 1.54) is 25.7 Å². The van der Waals surface area contributed by atoms with Crippen LogP contribution in [0.4, 0.5) is 0 Å². The molecule has 19 heavy (non-hydrogen) atoms. The fourth-order valence-electron chi connectivity index (χ4n) is 3.28. The highest BCUT2D eigenvalue weighted by Gasteiger charge is 2.25. The van der Waals surface area contributed by atoms with Gasteiger partial charge in [-0.3, -0.25) is 9.48 Å². The lowest BCUT2D eigenvalue weighted by atomic mass is 9.77. The van der Waals surface area contributed by atoms with Crippen molar-refractivity contribution in [2.24, 2.45) is 18.9 Å². The first kappa shape index (κ1) is 14.3. The maximum atomic E-state index is 12.2. The van der Waals surface area contributed by atoms with E-state index in [9.17, 15) is 4.79 Å². The summed E-state index contributed by atoms with van der Waals surface area (Å²) in [5, 5.41) is 4.14. The summed E-state index contributed by atoms with van der Waals surface area (Å²) in [4.78, 5) is 12.2. The molecule has 1 aliphatic rings. The molecule has 1 aromatic rings. The number of rotatable bonds is 6. The van der Waals surface area contributed by atoms with Gasteiger partial charge in [-0.15, -0.1) is 0 Å². The number of nitrogens with zero attached hydrogens (tertiary/aromatic N) is 2. The third-order valence-corrected chi connectivity index (χ3v) is 4.55. The maximum Gasteiger partial charge on any atom is 0.136 e. The Morgan fingerprint density at radius 1 is 1.37 bits per heavy atom. The molecule has 1 heterocycles. The Balaban J connectivity index is 1.74. The molecule has 0 aliphatic heterocycles. The monoisotopic (exact) mass is 262 g/mol. The van der Waals surface area contributed by atoms with Gasteiger partial charge in [0.2, 0.25) is 0 Å². The SMILES string of the molecule is CCCC1CCC(C(=O)CCc2ccnn2C)CC1. The van der Waals surface area contributed by atoms with E-state index in [0.29, 0.717) is 18.1 Å². The quantitative estimate of drug-likeness (QED) is 0.786. The summed E-state index contributed by atoms with van der Waals surface area (Å²) in [6.45, 7) is 2.26. The third-order valence-electron chi connectivity index (χ3n) is 4.55. The molecule has 0 unspecified atom stereocenters. The van der Waals surface area contributed by atoms with Crippen molar-refractivity contribution in [3.63, 3.8) is 0 Å². The molecular formula is C16H26N2O. The van der Waals surface area contributed by atoms with Gasteiger partial charge in [-0.05, 0) is 44.1 Å². The molecule has 0 aromatic carbocycles. The van der Waals surface area contributed by atoms with Crippen LogP contribution in [0.2, 0.25) is 0 Å². The second kappa shape index (κ2) is 6.88. The summed E-state index contributed by atoms with van der Waals surface area (Å²) < 4.78 is 1.87. The summed E-state index contributed by atoms with van der Waals surface area (Å²) in [5.41, 5.74) is 1.16. The minimum absolute atomic E-state index is 0.335. The van der Waals surface area contributed by atoms with Crippen LogP contribution in [0.1, 0.15) is 57.6 Å². The minimum atomic E-state index is 0.335. The Labute approximate surface area is 116 Å². The fraction of sp³-hybridized carbons (Fsp3) is 0.750. The van der Waals surface area contributed by atoms with Crippen LogP contribution in [0.25, 0.3) is 0 Å². The first-order valence-electron chi connectivity index (χ1n) is 7.70. The van der Waals surface area contributed by atoms with Crippen molar-refractivity contribution in [3.8, 4) is 0 Å². The van der Waals surface area contributed by atoms with Gasteiger partial charge in [0, 0.05) is 31.3 Å².